The van der Waals surface area contributed by atoms with E-state index in [-0.39, 0.29) is 37.7 Å². The lowest BCUT2D eigenvalue weighted by Gasteiger charge is -2.33. The number of piperazine rings is 1. The minimum atomic E-state index is -3.81. The molecule has 0 unspecified atom stereocenters. The molecule has 1 amide bonds. The zero-order valence-corrected chi connectivity index (χ0v) is 14.5. The number of methoxy groups -OCH3 is 1. The third-order valence-corrected chi connectivity index (χ3v) is 5.54. The molecule has 25 heavy (non-hydrogen) atoms. The van der Waals surface area contributed by atoms with Crippen LogP contribution in [0.25, 0.3) is 0 Å². The third kappa shape index (κ3) is 4.97. The number of hydrogen-bond donors (Lipinski definition) is 0. The summed E-state index contributed by atoms with van der Waals surface area (Å²) in [5.41, 5.74) is 0. The minimum Gasteiger partial charge on any atom is -0.454 e. The van der Waals surface area contributed by atoms with E-state index in [1.807, 2.05) is 0 Å². The number of hydrogen-bond acceptors (Lipinski definition) is 6. The number of carbonyl (C=O) groups excluding carboxylic acids is 2. The summed E-state index contributed by atoms with van der Waals surface area (Å²) in [6, 6.07) is 4.78. The molecule has 1 aliphatic heterocycles. The second-order valence-electron chi connectivity index (χ2n) is 5.34. The number of rotatable bonds is 6. The van der Waals surface area contributed by atoms with Crippen LogP contribution in [0.3, 0.4) is 0 Å². The molecule has 0 radical (unpaired) electrons. The van der Waals surface area contributed by atoms with Crippen molar-refractivity contribution in [3.05, 3.63) is 30.1 Å². The first-order chi connectivity index (χ1) is 11.8. The Morgan fingerprint density at radius 2 is 1.84 bits per heavy atom. The summed E-state index contributed by atoms with van der Waals surface area (Å²) in [6.07, 6.45) is 0. The summed E-state index contributed by atoms with van der Waals surface area (Å²) in [5.74, 6) is -1.69. The number of nitrogens with zero attached hydrogens (tertiary/aromatic N) is 2. The summed E-state index contributed by atoms with van der Waals surface area (Å²) < 4.78 is 48.7. The van der Waals surface area contributed by atoms with Gasteiger partial charge in [-0.1, -0.05) is 6.07 Å². The highest BCUT2D eigenvalue weighted by atomic mass is 32.2. The van der Waals surface area contributed by atoms with E-state index in [0.717, 1.165) is 6.07 Å². The van der Waals surface area contributed by atoms with Gasteiger partial charge in [-0.05, 0) is 18.2 Å². The Hall–Kier alpha value is -2.04. The number of carbonyl (C=O) groups is 2. The van der Waals surface area contributed by atoms with Gasteiger partial charge >= 0.3 is 5.97 Å². The van der Waals surface area contributed by atoms with E-state index in [4.69, 9.17) is 4.74 Å². The Balaban J connectivity index is 1.90. The van der Waals surface area contributed by atoms with Crippen molar-refractivity contribution in [2.24, 2.45) is 0 Å². The van der Waals surface area contributed by atoms with Gasteiger partial charge in [0.2, 0.25) is 10.0 Å². The molecule has 0 bridgehead atoms. The van der Waals surface area contributed by atoms with Crippen LogP contribution in [0.1, 0.15) is 0 Å². The molecule has 1 aliphatic rings. The quantitative estimate of drug-likeness (QED) is 0.643. The zero-order chi connectivity index (χ0) is 18.4. The van der Waals surface area contributed by atoms with Crippen molar-refractivity contribution in [1.82, 2.24) is 9.21 Å². The summed E-state index contributed by atoms with van der Waals surface area (Å²) >= 11 is 0. The number of sulfonamides is 1. The van der Waals surface area contributed by atoms with Gasteiger partial charge in [0.1, 0.15) is 12.4 Å². The molecular formula is C15H19FN2O6S. The predicted octanol–water partition coefficient (Wildman–Crippen LogP) is -0.152. The summed E-state index contributed by atoms with van der Waals surface area (Å²) in [4.78, 5) is 24.4. The molecule has 0 saturated carbocycles. The lowest BCUT2D eigenvalue weighted by atomic mass is 10.3. The molecule has 1 saturated heterocycles. The normalized spacial score (nSPS) is 15.8. The molecule has 1 aromatic rings. The van der Waals surface area contributed by atoms with E-state index < -0.39 is 34.3 Å². The number of ether oxygens (including phenoxy) is 2. The van der Waals surface area contributed by atoms with Gasteiger partial charge in [-0.25, -0.2) is 17.6 Å². The molecule has 0 aliphatic carbocycles. The van der Waals surface area contributed by atoms with Gasteiger partial charge < -0.3 is 14.4 Å². The largest absolute Gasteiger partial charge is 0.454 e. The van der Waals surface area contributed by atoms with E-state index in [0.29, 0.717) is 0 Å². The Kier molecular flexibility index (Phi) is 6.45. The molecule has 2 rings (SSSR count). The van der Waals surface area contributed by atoms with Crippen LogP contribution >= 0.6 is 0 Å². The van der Waals surface area contributed by atoms with Crippen LogP contribution in [0.15, 0.2) is 29.2 Å². The molecule has 1 aromatic carbocycles. The topological polar surface area (TPSA) is 93.2 Å². The number of esters is 1. The summed E-state index contributed by atoms with van der Waals surface area (Å²) in [6.45, 7) is -0.177. The Morgan fingerprint density at radius 1 is 1.16 bits per heavy atom. The van der Waals surface area contributed by atoms with Gasteiger partial charge in [-0.3, -0.25) is 4.79 Å². The zero-order valence-electron chi connectivity index (χ0n) is 13.7. The van der Waals surface area contributed by atoms with Gasteiger partial charge in [0, 0.05) is 33.3 Å². The minimum absolute atomic E-state index is 0.0800. The average Bonchev–Trinajstić information content (AvgIpc) is 2.60. The molecule has 138 valence electrons. The van der Waals surface area contributed by atoms with E-state index in [9.17, 15) is 22.4 Å². The molecule has 0 spiro atoms. The van der Waals surface area contributed by atoms with E-state index in [1.54, 1.807) is 0 Å². The van der Waals surface area contributed by atoms with E-state index in [2.05, 4.69) is 4.74 Å². The van der Waals surface area contributed by atoms with Crippen LogP contribution in [0.2, 0.25) is 0 Å². The molecular weight excluding hydrogens is 355 g/mol. The third-order valence-electron chi connectivity index (χ3n) is 3.64. The van der Waals surface area contributed by atoms with Crippen molar-refractivity contribution >= 4 is 21.9 Å². The van der Waals surface area contributed by atoms with Crippen molar-refractivity contribution in [2.45, 2.75) is 4.90 Å². The first-order valence-electron chi connectivity index (χ1n) is 7.52. The molecule has 0 atom stereocenters. The maximum absolute atomic E-state index is 13.3. The van der Waals surface area contributed by atoms with Gasteiger partial charge in [-0.15, -0.1) is 0 Å². The van der Waals surface area contributed by atoms with Crippen molar-refractivity contribution < 1.29 is 31.9 Å². The fourth-order valence-electron chi connectivity index (χ4n) is 2.35. The first-order valence-corrected chi connectivity index (χ1v) is 8.96. The maximum atomic E-state index is 13.3. The van der Waals surface area contributed by atoms with Gasteiger partial charge in [0.25, 0.3) is 5.91 Å². The fraction of sp³-hybridized carbons (Fsp3) is 0.467. The van der Waals surface area contributed by atoms with Crippen molar-refractivity contribution in [3.63, 3.8) is 0 Å². The number of halogens is 1. The van der Waals surface area contributed by atoms with Gasteiger partial charge in [-0.2, -0.15) is 4.31 Å². The molecule has 10 heteroatoms. The standard InChI is InChI=1S/C15H19FN2O6S/c1-23-11-15(20)24-10-14(19)17-5-7-18(8-6-17)25(21,22)13-4-2-3-12(16)9-13/h2-4,9H,5-8,10-11H2,1H3. The van der Waals surface area contributed by atoms with Crippen LogP contribution in [0, 0.1) is 5.82 Å². The fourth-order valence-corrected chi connectivity index (χ4v) is 3.80. The summed E-state index contributed by atoms with van der Waals surface area (Å²) in [7, 11) is -2.48. The number of benzene rings is 1. The highest BCUT2D eigenvalue weighted by molar-refractivity contribution is 7.89. The molecule has 1 heterocycles. The predicted molar refractivity (Wildman–Crippen MR) is 84.6 cm³/mol. The van der Waals surface area contributed by atoms with Crippen molar-refractivity contribution in [1.29, 1.82) is 0 Å². The average molecular weight is 374 g/mol. The monoisotopic (exact) mass is 374 g/mol. The van der Waals surface area contributed by atoms with Crippen LogP contribution in [-0.2, 0) is 29.1 Å². The Bertz CT molecular complexity index is 731. The van der Waals surface area contributed by atoms with E-state index >= 15 is 0 Å². The maximum Gasteiger partial charge on any atom is 0.332 e. The smallest absolute Gasteiger partial charge is 0.332 e. The van der Waals surface area contributed by atoms with Crippen LogP contribution < -0.4 is 0 Å². The highest BCUT2D eigenvalue weighted by Crippen LogP contribution is 2.18. The lowest BCUT2D eigenvalue weighted by molar-refractivity contribution is -0.155. The first kappa shape index (κ1) is 19.3. The molecule has 0 N–H and O–H groups in total. The van der Waals surface area contributed by atoms with Crippen LogP contribution in [0.4, 0.5) is 4.39 Å². The van der Waals surface area contributed by atoms with Crippen molar-refractivity contribution in [3.8, 4) is 0 Å². The second kappa shape index (κ2) is 8.37. The molecule has 8 nitrogen and oxygen atoms in total. The lowest BCUT2D eigenvalue weighted by Crippen LogP contribution is -2.51. The van der Waals surface area contributed by atoms with Crippen molar-refractivity contribution in [2.75, 3.05) is 46.5 Å². The molecule has 0 aromatic heterocycles. The number of amides is 1. The second-order valence-corrected chi connectivity index (χ2v) is 7.27. The SMILES string of the molecule is COCC(=O)OCC(=O)N1CCN(S(=O)(=O)c2cccc(F)c2)CC1. The Morgan fingerprint density at radius 3 is 2.44 bits per heavy atom. The van der Waals surface area contributed by atoms with Gasteiger partial charge in [0.05, 0.1) is 4.90 Å². The Labute approximate surface area is 145 Å². The van der Waals surface area contributed by atoms with Crippen LogP contribution in [0.5, 0.6) is 0 Å². The summed E-state index contributed by atoms with van der Waals surface area (Å²) in [5, 5.41) is 0. The van der Waals surface area contributed by atoms with E-state index in [1.165, 1.54) is 34.5 Å². The highest BCUT2D eigenvalue weighted by Gasteiger charge is 2.30. The van der Waals surface area contributed by atoms with Crippen LogP contribution in [-0.4, -0.2) is 76.0 Å². The van der Waals surface area contributed by atoms with Gasteiger partial charge in [0.15, 0.2) is 6.61 Å². The molecule has 1 fully saturated rings.